The lowest BCUT2D eigenvalue weighted by Gasteiger charge is -2.20. The van der Waals surface area contributed by atoms with Gasteiger partial charge >= 0.3 is 5.97 Å². The summed E-state index contributed by atoms with van der Waals surface area (Å²) >= 11 is 0. The summed E-state index contributed by atoms with van der Waals surface area (Å²) < 4.78 is 9.89. The van der Waals surface area contributed by atoms with E-state index in [0.29, 0.717) is 5.75 Å². The molecule has 0 bridgehead atoms. The van der Waals surface area contributed by atoms with Gasteiger partial charge in [-0.3, -0.25) is 4.79 Å². The van der Waals surface area contributed by atoms with Crippen LogP contribution in [0.2, 0.25) is 0 Å². The van der Waals surface area contributed by atoms with Gasteiger partial charge in [0, 0.05) is 5.56 Å². The number of esters is 1. The van der Waals surface area contributed by atoms with Gasteiger partial charge in [-0.25, -0.2) is 4.79 Å². The van der Waals surface area contributed by atoms with Crippen LogP contribution in [0.4, 0.5) is 0 Å². The van der Waals surface area contributed by atoms with Gasteiger partial charge in [0.1, 0.15) is 11.8 Å². The maximum atomic E-state index is 12.0. The Morgan fingerprint density at radius 3 is 2.40 bits per heavy atom. The van der Waals surface area contributed by atoms with E-state index < -0.39 is 12.0 Å². The Labute approximate surface area is 119 Å². The molecule has 0 aromatic heterocycles. The minimum Gasteiger partial charge on any atom is -0.496 e. The molecule has 1 rings (SSSR count). The highest BCUT2D eigenvalue weighted by atomic mass is 16.5. The predicted molar refractivity (Wildman–Crippen MR) is 75.5 cm³/mol. The van der Waals surface area contributed by atoms with Gasteiger partial charge in [-0.05, 0) is 12.0 Å². The van der Waals surface area contributed by atoms with Crippen LogP contribution in [0.5, 0.6) is 5.75 Å². The smallest absolute Gasteiger partial charge is 0.328 e. The average molecular weight is 279 g/mol. The summed E-state index contributed by atoms with van der Waals surface area (Å²) in [5.41, 5.74) is 0.778. The number of para-hydroxylation sites is 1. The third-order valence-corrected chi connectivity index (χ3v) is 2.98. The summed E-state index contributed by atoms with van der Waals surface area (Å²) in [5, 5.41) is 2.70. The van der Waals surface area contributed by atoms with E-state index in [2.05, 4.69) is 5.32 Å². The molecule has 0 aliphatic heterocycles. The van der Waals surface area contributed by atoms with Gasteiger partial charge in [0.2, 0.25) is 5.91 Å². The van der Waals surface area contributed by atoms with Gasteiger partial charge in [-0.1, -0.05) is 32.0 Å². The van der Waals surface area contributed by atoms with Crippen LogP contribution in [0.1, 0.15) is 19.4 Å². The van der Waals surface area contributed by atoms with Crippen LogP contribution in [0, 0.1) is 5.92 Å². The van der Waals surface area contributed by atoms with Gasteiger partial charge in [0.05, 0.1) is 20.6 Å². The van der Waals surface area contributed by atoms with Crippen LogP contribution in [0.15, 0.2) is 24.3 Å². The number of ether oxygens (including phenoxy) is 2. The molecule has 1 N–H and O–H groups in total. The van der Waals surface area contributed by atoms with Crippen molar-refractivity contribution in [2.24, 2.45) is 5.92 Å². The van der Waals surface area contributed by atoms with Crippen LogP contribution in [0.25, 0.3) is 0 Å². The summed E-state index contributed by atoms with van der Waals surface area (Å²) in [7, 11) is 2.87. The zero-order valence-electron chi connectivity index (χ0n) is 12.3. The van der Waals surface area contributed by atoms with Crippen LogP contribution in [-0.4, -0.2) is 32.1 Å². The Kier molecular flexibility index (Phi) is 6.03. The Balaban J connectivity index is 2.73. The number of nitrogens with one attached hydrogen (secondary N) is 1. The number of rotatable bonds is 6. The Morgan fingerprint density at radius 1 is 1.20 bits per heavy atom. The lowest BCUT2D eigenvalue weighted by Crippen LogP contribution is -2.45. The van der Waals surface area contributed by atoms with Gasteiger partial charge in [-0.15, -0.1) is 0 Å². The maximum Gasteiger partial charge on any atom is 0.328 e. The highest BCUT2D eigenvalue weighted by Crippen LogP contribution is 2.17. The molecular weight excluding hydrogens is 258 g/mol. The molecule has 0 aliphatic rings. The molecular formula is C15H21NO4. The SMILES string of the molecule is COC(=O)[C@H](NC(=O)Cc1ccccc1OC)C(C)C. The van der Waals surface area contributed by atoms with Crippen molar-refractivity contribution in [3.63, 3.8) is 0 Å². The average Bonchev–Trinajstić information content (AvgIpc) is 2.44. The molecule has 1 atom stereocenters. The van der Waals surface area contributed by atoms with Gasteiger partial charge in [0.25, 0.3) is 0 Å². The van der Waals surface area contributed by atoms with Crippen molar-refractivity contribution in [2.75, 3.05) is 14.2 Å². The van der Waals surface area contributed by atoms with Crippen molar-refractivity contribution in [3.8, 4) is 5.75 Å². The van der Waals surface area contributed by atoms with E-state index in [1.807, 2.05) is 32.0 Å². The van der Waals surface area contributed by atoms with Crippen molar-refractivity contribution < 1.29 is 19.1 Å². The molecule has 0 spiro atoms. The molecule has 1 aromatic carbocycles. The van der Waals surface area contributed by atoms with E-state index in [4.69, 9.17) is 9.47 Å². The summed E-state index contributed by atoms with van der Waals surface area (Å²) in [4.78, 5) is 23.6. The first kappa shape index (κ1) is 16.0. The number of carbonyl (C=O) groups excluding carboxylic acids is 2. The number of methoxy groups -OCH3 is 2. The largest absolute Gasteiger partial charge is 0.496 e. The van der Waals surface area contributed by atoms with Crippen LogP contribution >= 0.6 is 0 Å². The van der Waals surface area contributed by atoms with Crippen molar-refractivity contribution in [3.05, 3.63) is 29.8 Å². The fourth-order valence-corrected chi connectivity index (χ4v) is 1.87. The van der Waals surface area contributed by atoms with Crippen molar-refractivity contribution in [1.29, 1.82) is 0 Å². The molecule has 0 fully saturated rings. The first-order valence-electron chi connectivity index (χ1n) is 6.48. The minimum absolute atomic E-state index is 0.0379. The Hall–Kier alpha value is -2.04. The molecule has 1 amide bonds. The fraction of sp³-hybridized carbons (Fsp3) is 0.467. The van der Waals surface area contributed by atoms with Gasteiger partial charge < -0.3 is 14.8 Å². The molecule has 0 saturated heterocycles. The second-order valence-electron chi connectivity index (χ2n) is 4.80. The quantitative estimate of drug-likeness (QED) is 0.802. The zero-order chi connectivity index (χ0) is 15.1. The number of benzene rings is 1. The summed E-state index contributed by atoms with van der Waals surface area (Å²) in [5.74, 6) is -0.0575. The number of carbonyl (C=O) groups is 2. The maximum absolute atomic E-state index is 12.0. The topological polar surface area (TPSA) is 64.6 Å². The minimum atomic E-state index is -0.637. The summed E-state index contributed by atoms with van der Waals surface area (Å²) in [6.07, 6.45) is 0.157. The molecule has 20 heavy (non-hydrogen) atoms. The number of amides is 1. The van der Waals surface area contributed by atoms with Crippen LogP contribution in [0.3, 0.4) is 0 Å². The van der Waals surface area contributed by atoms with E-state index in [1.165, 1.54) is 7.11 Å². The third-order valence-electron chi connectivity index (χ3n) is 2.98. The standard InChI is InChI=1S/C15H21NO4/c1-10(2)14(15(18)20-4)16-13(17)9-11-7-5-6-8-12(11)19-3/h5-8,10,14H,9H2,1-4H3,(H,16,17)/t14-/m1/s1. The monoisotopic (exact) mass is 279 g/mol. The third kappa shape index (κ3) is 4.26. The van der Waals surface area contributed by atoms with E-state index in [1.54, 1.807) is 13.2 Å². The normalized spacial score (nSPS) is 11.8. The predicted octanol–water partition coefficient (Wildman–Crippen LogP) is 1.55. The van der Waals surface area contributed by atoms with E-state index in [-0.39, 0.29) is 18.2 Å². The highest BCUT2D eigenvalue weighted by molar-refractivity contribution is 5.86. The second kappa shape index (κ2) is 7.53. The molecule has 0 radical (unpaired) electrons. The molecule has 5 nitrogen and oxygen atoms in total. The van der Waals surface area contributed by atoms with Crippen LogP contribution in [-0.2, 0) is 20.7 Å². The van der Waals surface area contributed by atoms with Crippen molar-refractivity contribution >= 4 is 11.9 Å². The highest BCUT2D eigenvalue weighted by Gasteiger charge is 2.25. The first-order valence-corrected chi connectivity index (χ1v) is 6.48. The molecule has 0 saturated carbocycles. The second-order valence-corrected chi connectivity index (χ2v) is 4.80. The van der Waals surface area contributed by atoms with E-state index in [0.717, 1.165) is 5.56 Å². The molecule has 5 heteroatoms. The Bertz CT molecular complexity index is 471. The Morgan fingerprint density at radius 2 is 1.85 bits per heavy atom. The lowest BCUT2D eigenvalue weighted by atomic mass is 10.0. The van der Waals surface area contributed by atoms with Crippen molar-refractivity contribution in [2.45, 2.75) is 26.3 Å². The van der Waals surface area contributed by atoms with Gasteiger partial charge in [-0.2, -0.15) is 0 Å². The fourth-order valence-electron chi connectivity index (χ4n) is 1.87. The van der Waals surface area contributed by atoms with E-state index in [9.17, 15) is 9.59 Å². The summed E-state index contributed by atoms with van der Waals surface area (Å²) in [6, 6.07) is 6.66. The van der Waals surface area contributed by atoms with Crippen LogP contribution < -0.4 is 10.1 Å². The number of hydrogen-bond donors (Lipinski definition) is 1. The molecule has 110 valence electrons. The lowest BCUT2D eigenvalue weighted by molar-refractivity contribution is -0.146. The molecule has 0 heterocycles. The molecule has 0 unspecified atom stereocenters. The summed E-state index contributed by atoms with van der Waals surface area (Å²) in [6.45, 7) is 3.70. The zero-order valence-corrected chi connectivity index (χ0v) is 12.3. The van der Waals surface area contributed by atoms with E-state index >= 15 is 0 Å². The van der Waals surface area contributed by atoms with Gasteiger partial charge in [0.15, 0.2) is 0 Å². The number of hydrogen-bond acceptors (Lipinski definition) is 4. The van der Waals surface area contributed by atoms with Crippen molar-refractivity contribution in [1.82, 2.24) is 5.32 Å². The first-order chi connectivity index (χ1) is 9.49. The molecule has 0 aliphatic carbocycles. The molecule has 1 aromatic rings.